The van der Waals surface area contributed by atoms with Crippen molar-refractivity contribution in [2.24, 2.45) is 0 Å². The number of hydrogen-bond donors (Lipinski definition) is 2. The van der Waals surface area contributed by atoms with E-state index in [9.17, 15) is 10.1 Å². The van der Waals surface area contributed by atoms with Crippen LogP contribution in [0, 0.1) is 10.1 Å². The molecule has 0 fully saturated rings. The molecule has 1 atom stereocenters. The van der Waals surface area contributed by atoms with E-state index in [1.165, 1.54) is 18.2 Å². The molecule has 5 nitrogen and oxygen atoms in total. The van der Waals surface area contributed by atoms with Gasteiger partial charge in [0.25, 0.3) is 5.69 Å². The molecule has 0 aliphatic heterocycles. The molecule has 0 aliphatic rings. The molecule has 2 aromatic carbocycles. The van der Waals surface area contributed by atoms with E-state index in [1.807, 2.05) is 37.3 Å². The van der Waals surface area contributed by atoms with E-state index in [4.69, 9.17) is 23.8 Å². The Morgan fingerprint density at radius 3 is 2.55 bits per heavy atom. The number of hydrogen-bond acceptors (Lipinski definition) is 3. The lowest BCUT2D eigenvalue weighted by Gasteiger charge is -2.17. The van der Waals surface area contributed by atoms with Crippen molar-refractivity contribution in [3.63, 3.8) is 0 Å². The molecule has 0 radical (unpaired) electrons. The summed E-state index contributed by atoms with van der Waals surface area (Å²) in [7, 11) is 0. The van der Waals surface area contributed by atoms with Crippen LogP contribution in [0.25, 0.3) is 0 Å². The molecule has 0 spiro atoms. The number of nitro benzene ring substituents is 1. The van der Waals surface area contributed by atoms with Gasteiger partial charge in [0, 0.05) is 12.1 Å². The largest absolute Gasteiger partial charge is 0.356 e. The van der Waals surface area contributed by atoms with Gasteiger partial charge in [0.05, 0.1) is 21.7 Å². The minimum atomic E-state index is -0.496. The van der Waals surface area contributed by atoms with Crippen molar-refractivity contribution in [3.8, 4) is 0 Å². The lowest BCUT2D eigenvalue weighted by atomic mass is 10.1. The molecule has 0 amide bonds. The average Bonchev–Trinajstić information content (AvgIpc) is 2.50. The van der Waals surface area contributed by atoms with Crippen molar-refractivity contribution in [3.05, 3.63) is 69.2 Å². The van der Waals surface area contributed by atoms with Gasteiger partial charge in [-0.1, -0.05) is 41.9 Å². The van der Waals surface area contributed by atoms with Crippen LogP contribution in [0.2, 0.25) is 5.02 Å². The SMILES string of the molecule is CC(NC(=S)Nc1ccc([N+](=O)[O-])cc1Cl)c1ccccc1. The molecule has 0 saturated heterocycles. The second kappa shape index (κ2) is 7.20. The standard InChI is InChI=1S/C15H14ClN3O2S/c1-10(11-5-3-2-4-6-11)17-15(22)18-14-8-7-12(19(20)21)9-13(14)16/h2-10H,1H3,(H2,17,18,22). The van der Waals surface area contributed by atoms with Crippen LogP contribution in [0.3, 0.4) is 0 Å². The second-order valence-corrected chi connectivity index (χ2v) is 5.47. The third-order valence-corrected chi connectivity index (χ3v) is 3.59. The van der Waals surface area contributed by atoms with Crippen LogP contribution in [0.1, 0.15) is 18.5 Å². The van der Waals surface area contributed by atoms with Crippen molar-refractivity contribution < 1.29 is 4.92 Å². The zero-order chi connectivity index (χ0) is 16.1. The fraction of sp³-hybridized carbons (Fsp3) is 0.133. The number of benzene rings is 2. The molecule has 1 unspecified atom stereocenters. The number of nitrogens with zero attached hydrogens (tertiary/aromatic N) is 1. The van der Waals surface area contributed by atoms with Gasteiger partial charge >= 0.3 is 0 Å². The zero-order valence-electron chi connectivity index (χ0n) is 11.7. The molecule has 22 heavy (non-hydrogen) atoms. The third kappa shape index (κ3) is 4.16. The van der Waals surface area contributed by atoms with Crippen molar-refractivity contribution in [2.75, 3.05) is 5.32 Å². The van der Waals surface area contributed by atoms with Gasteiger partial charge in [-0.2, -0.15) is 0 Å². The molecule has 114 valence electrons. The maximum Gasteiger partial charge on any atom is 0.271 e. The van der Waals surface area contributed by atoms with E-state index in [0.29, 0.717) is 10.8 Å². The second-order valence-electron chi connectivity index (χ2n) is 4.65. The quantitative estimate of drug-likeness (QED) is 0.495. The fourth-order valence-corrected chi connectivity index (χ4v) is 2.41. The minimum absolute atomic E-state index is 0.0259. The Morgan fingerprint density at radius 2 is 1.95 bits per heavy atom. The third-order valence-electron chi connectivity index (χ3n) is 3.06. The summed E-state index contributed by atoms with van der Waals surface area (Å²) in [5, 5.41) is 17.4. The number of thiocarbonyl (C=S) groups is 1. The van der Waals surface area contributed by atoms with Crippen LogP contribution in [0.15, 0.2) is 48.5 Å². The smallest absolute Gasteiger partial charge is 0.271 e. The Morgan fingerprint density at radius 1 is 1.27 bits per heavy atom. The van der Waals surface area contributed by atoms with Crippen molar-refractivity contribution in [1.29, 1.82) is 0 Å². The van der Waals surface area contributed by atoms with Crippen LogP contribution in [0.5, 0.6) is 0 Å². The summed E-state index contributed by atoms with van der Waals surface area (Å²) in [5.41, 5.74) is 1.55. The van der Waals surface area contributed by atoms with Crippen LogP contribution >= 0.6 is 23.8 Å². The molecule has 7 heteroatoms. The highest BCUT2D eigenvalue weighted by molar-refractivity contribution is 7.80. The van der Waals surface area contributed by atoms with Crippen LogP contribution in [0.4, 0.5) is 11.4 Å². The number of non-ortho nitro benzene ring substituents is 1. The minimum Gasteiger partial charge on any atom is -0.356 e. The van der Waals surface area contributed by atoms with Gasteiger partial charge in [0.1, 0.15) is 0 Å². The average molecular weight is 336 g/mol. The Kier molecular flexibility index (Phi) is 5.30. The Hall–Kier alpha value is -2.18. The molecular weight excluding hydrogens is 322 g/mol. The topological polar surface area (TPSA) is 67.2 Å². The van der Waals surface area contributed by atoms with Gasteiger partial charge in [0.15, 0.2) is 5.11 Å². The van der Waals surface area contributed by atoms with Gasteiger partial charge in [-0.15, -0.1) is 0 Å². The van der Waals surface area contributed by atoms with Crippen LogP contribution < -0.4 is 10.6 Å². The van der Waals surface area contributed by atoms with Crippen molar-refractivity contribution in [2.45, 2.75) is 13.0 Å². The summed E-state index contributed by atoms with van der Waals surface area (Å²) >= 11 is 11.3. The number of nitrogens with one attached hydrogen (secondary N) is 2. The summed E-state index contributed by atoms with van der Waals surface area (Å²) in [6, 6.07) is 14.1. The normalized spacial score (nSPS) is 11.5. The summed E-state index contributed by atoms with van der Waals surface area (Å²) in [6.45, 7) is 1.99. The monoisotopic (exact) mass is 335 g/mol. The summed E-state index contributed by atoms with van der Waals surface area (Å²) in [5.74, 6) is 0. The van der Waals surface area contributed by atoms with Gasteiger partial charge < -0.3 is 10.6 Å². The Labute approximate surface area is 138 Å². The molecule has 0 aliphatic carbocycles. The first-order valence-electron chi connectivity index (χ1n) is 6.54. The van der Waals surface area contributed by atoms with E-state index < -0.39 is 4.92 Å². The number of rotatable bonds is 4. The number of halogens is 1. The first kappa shape index (κ1) is 16.2. The zero-order valence-corrected chi connectivity index (χ0v) is 13.3. The highest BCUT2D eigenvalue weighted by Gasteiger charge is 2.11. The number of anilines is 1. The van der Waals surface area contributed by atoms with Crippen LogP contribution in [-0.2, 0) is 0 Å². The van der Waals surface area contributed by atoms with Crippen LogP contribution in [-0.4, -0.2) is 10.0 Å². The Balaban J connectivity index is 2.02. The molecule has 2 aromatic rings. The van der Waals surface area contributed by atoms with Gasteiger partial charge in [-0.25, -0.2) is 0 Å². The first-order valence-corrected chi connectivity index (χ1v) is 7.32. The molecule has 2 N–H and O–H groups in total. The Bertz CT molecular complexity index is 694. The van der Waals surface area contributed by atoms with Crippen molar-refractivity contribution >= 4 is 40.3 Å². The lowest BCUT2D eigenvalue weighted by Crippen LogP contribution is -2.30. The maximum atomic E-state index is 10.7. The molecule has 0 saturated carbocycles. The van der Waals surface area contributed by atoms with E-state index in [2.05, 4.69) is 10.6 Å². The summed E-state index contributed by atoms with van der Waals surface area (Å²) < 4.78 is 0. The predicted molar refractivity (Wildman–Crippen MR) is 92.3 cm³/mol. The van der Waals surface area contributed by atoms with E-state index >= 15 is 0 Å². The first-order chi connectivity index (χ1) is 10.5. The highest BCUT2D eigenvalue weighted by Crippen LogP contribution is 2.26. The van der Waals surface area contributed by atoms with Crippen molar-refractivity contribution in [1.82, 2.24) is 5.32 Å². The van der Waals surface area contributed by atoms with Gasteiger partial charge in [-0.3, -0.25) is 10.1 Å². The van der Waals surface area contributed by atoms with E-state index in [1.54, 1.807) is 0 Å². The van der Waals surface area contributed by atoms with E-state index in [-0.39, 0.29) is 16.8 Å². The summed E-state index contributed by atoms with van der Waals surface area (Å²) in [6.07, 6.45) is 0. The maximum absolute atomic E-state index is 10.7. The lowest BCUT2D eigenvalue weighted by molar-refractivity contribution is -0.384. The molecular formula is C15H14ClN3O2S. The summed E-state index contributed by atoms with van der Waals surface area (Å²) in [4.78, 5) is 10.2. The molecule has 0 aromatic heterocycles. The fourth-order valence-electron chi connectivity index (χ4n) is 1.90. The van der Waals surface area contributed by atoms with Gasteiger partial charge in [-0.05, 0) is 30.8 Å². The number of nitro groups is 1. The van der Waals surface area contributed by atoms with Gasteiger partial charge in [0.2, 0.25) is 0 Å². The molecule has 0 heterocycles. The van der Waals surface area contributed by atoms with E-state index in [0.717, 1.165) is 5.56 Å². The molecule has 0 bridgehead atoms. The highest BCUT2D eigenvalue weighted by atomic mass is 35.5. The predicted octanol–water partition coefficient (Wildman–Crippen LogP) is 4.30. The molecule has 2 rings (SSSR count).